The molecule has 2 heteroatoms. The van der Waals surface area contributed by atoms with Gasteiger partial charge < -0.3 is 0 Å². The van der Waals surface area contributed by atoms with E-state index in [2.05, 4.69) is 71.1 Å². The van der Waals surface area contributed by atoms with Crippen molar-refractivity contribution in [3.8, 4) is 0 Å². The fourth-order valence-corrected chi connectivity index (χ4v) is 3.24. The lowest BCUT2D eigenvalue weighted by Gasteiger charge is -2.17. The summed E-state index contributed by atoms with van der Waals surface area (Å²) in [5.41, 5.74) is 5.52. The molecule has 0 amide bonds. The molecule has 0 saturated heterocycles. The van der Waals surface area contributed by atoms with Gasteiger partial charge in [0.1, 0.15) is 0 Å². The maximum Gasteiger partial charge on any atom is 0.0433 e. The lowest BCUT2D eigenvalue weighted by Crippen LogP contribution is -2.13. The summed E-state index contributed by atoms with van der Waals surface area (Å²) in [4.78, 5) is 4.73. The molecule has 2 aromatic carbocycles. The quantitative estimate of drug-likeness (QED) is 0.724. The number of fused-ring (bicyclic) bond motifs is 1. The van der Waals surface area contributed by atoms with Crippen LogP contribution in [0.15, 0.2) is 53.5 Å². The van der Waals surface area contributed by atoms with E-state index in [1.807, 2.05) is 0 Å². The molecule has 0 aliphatic carbocycles. The summed E-state index contributed by atoms with van der Waals surface area (Å²) in [5.74, 6) is 0. The summed E-state index contributed by atoms with van der Waals surface area (Å²) in [6.45, 7) is 0.943. The van der Waals surface area contributed by atoms with E-state index in [0.717, 1.165) is 25.8 Å². The van der Waals surface area contributed by atoms with Crippen molar-refractivity contribution in [2.24, 2.45) is 4.99 Å². The molecular formula is C17H16IN. The topological polar surface area (TPSA) is 12.4 Å². The normalized spacial score (nSPS) is 13.8. The smallest absolute Gasteiger partial charge is 0.0433 e. The Kier molecular flexibility index (Phi) is 3.97. The molecule has 1 heterocycles. The predicted molar refractivity (Wildman–Crippen MR) is 89.0 cm³/mol. The Balaban J connectivity index is 1.78. The van der Waals surface area contributed by atoms with Crippen LogP contribution in [0.5, 0.6) is 0 Å². The Hall–Kier alpha value is -1.16. The molecule has 0 aromatic heterocycles. The van der Waals surface area contributed by atoms with Crippen LogP contribution in [0, 0.1) is 3.57 Å². The third-order valence-corrected chi connectivity index (χ3v) is 4.65. The van der Waals surface area contributed by atoms with Crippen molar-refractivity contribution < 1.29 is 0 Å². The molecule has 19 heavy (non-hydrogen) atoms. The number of aryl methyl sites for hydroxylation is 1. The highest BCUT2D eigenvalue weighted by atomic mass is 127. The SMILES string of the molecule is Ic1ccccc1CCC1=NCCc2ccccc21. The van der Waals surface area contributed by atoms with Crippen molar-refractivity contribution in [3.05, 3.63) is 68.8 Å². The maximum absolute atomic E-state index is 4.73. The summed E-state index contributed by atoms with van der Waals surface area (Å²) < 4.78 is 1.35. The minimum Gasteiger partial charge on any atom is -0.289 e. The van der Waals surface area contributed by atoms with Gasteiger partial charge in [-0.3, -0.25) is 4.99 Å². The van der Waals surface area contributed by atoms with Crippen LogP contribution < -0.4 is 0 Å². The van der Waals surface area contributed by atoms with E-state index in [-0.39, 0.29) is 0 Å². The molecule has 0 fully saturated rings. The highest BCUT2D eigenvalue weighted by Crippen LogP contribution is 2.20. The first-order valence-electron chi connectivity index (χ1n) is 6.69. The molecule has 1 aliphatic heterocycles. The van der Waals surface area contributed by atoms with Gasteiger partial charge in [0.25, 0.3) is 0 Å². The molecule has 0 N–H and O–H groups in total. The molecule has 1 nitrogen and oxygen atoms in total. The van der Waals surface area contributed by atoms with Crippen LogP contribution in [0.2, 0.25) is 0 Å². The second-order valence-electron chi connectivity index (χ2n) is 4.83. The highest BCUT2D eigenvalue weighted by Gasteiger charge is 2.13. The molecule has 0 saturated carbocycles. The number of aliphatic imine (C=N–C) groups is 1. The average Bonchev–Trinajstić information content (AvgIpc) is 2.46. The van der Waals surface area contributed by atoms with E-state index >= 15 is 0 Å². The fraction of sp³-hybridized carbons (Fsp3) is 0.235. The van der Waals surface area contributed by atoms with Crippen LogP contribution in [-0.4, -0.2) is 12.3 Å². The number of halogens is 1. The zero-order valence-corrected chi connectivity index (χ0v) is 12.9. The van der Waals surface area contributed by atoms with Gasteiger partial charge in [-0.05, 0) is 64.6 Å². The first-order valence-corrected chi connectivity index (χ1v) is 7.77. The zero-order valence-electron chi connectivity index (χ0n) is 10.8. The van der Waals surface area contributed by atoms with Gasteiger partial charge in [-0.15, -0.1) is 0 Å². The van der Waals surface area contributed by atoms with Crippen LogP contribution in [0.1, 0.15) is 23.1 Å². The number of nitrogens with zero attached hydrogens (tertiary/aromatic N) is 1. The molecule has 96 valence electrons. The lowest BCUT2D eigenvalue weighted by molar-refractivity contribution is 0.914. The average molecular weight is 361 g/mol. The maximum atomic E-state index is 4.73. The molecule has 0 bridgehead atoms. The Bertz CT molecular complexity index is 616. The van der Waals surface area contributed by atoms with Gasteiger partial charge in [-0.2, -0.15) is 0 Å². The van der Waals surface area contributed by atoms with Crippen LogP contribution in [0.4, 0.5) is 0 Å². The fourth-order valence-electron chi connectivity index (χ4n) is 2.58. The van der Waals surface area contributed by atoms with Crippen molar-refractivity contribution in [2.75, 3.05) is 6.54 Å². The van der Waals surface area contributed by atoms with Crippen LogP contribution in [0.25, 0.3) is 0 Å². The van der Waals surface area contributed by atoms with Gasteiger partial charge in [0, 0.05) is 15.8 Å². The molecule has 0 unspecified atom stereocenters. The third kappa shape index (κ3) is 2.89. The first-order chi connectivity index (χ1) is 9.34. The van der Waals surface area contributed by atoms with Gasteiger partial charge in [-0.25, -0.2) is 0 Å². The highest BCUT2D eigenvalue weighted by molar-refractivity contribution is 14.1. The second-order valence-corrected chi connectivity index (χ2v) is 5.99. The second kappa shape index (κ2) is 5.87. The number of rotatable bonds is 3. The Morgan fingerprint density at radius 1 is 0.947 bits per heavy atom. The van der Waals surface area contributed by atoms with Gasteiger partial charge in [0.2, 0.25) is 0 Å². The molecular weight excluding hydrogens is 345 g/mol. The van der Waals surface area contributed by atoms with Crippen molar-refractivity contribution in [3.63, 3.8) is 0 Å². The summed E-state index contributed by atoms with van der Waals surface area (Å²) in [7, 11) is 0. The third-order valence-electron chi connectivity index (χ3n) is 3.60. The number of benzene rings is 2. The van der Waals surface area contributed by atoms with Gasteiger partial charge >= 0.3 is 0 Å². The molecule has 2 aromatic rings. The Morgan fingerprint density at radius 3 is 2.63 bits per heavy atom. The van der Waals surface area contributed by atoms with E-state index in [1.54, 1.807) is 0 Å². The molecule has 3 rings (SSSR count). The van der Waals surface area contributed by atoms with Crippen molar-refractivity contribution in [1.29, 1.82) is 0 Å². The van der Waals surface area contributed by atoms with Crippen molar-refractivity contribution in [1.82, 2.24) is 0 Å². The van der Waals surface area contributed by atoms with Gasteiger partial charge in [0.15, 0.2) is 0 Å². The van der Waals surface area contributed by atoms with E-state index in [9.17, 15) is 0 Å². The lowest BCUT2D eigenvalue weighted by atomic mass is 9.94. The van der Waals surface area contributed by atoms with E-state index in [1.165, 1.54) is 26.0 Å². The van der Waals surface area contributed by atoms with Crippen LogP contribution >= 0.6 is 22.6 Å². The van der Waals surface area contributed by atoms with Gasteiger partial charge in [-0.1, -0.05) is 42.5 Å². The molecule has 0 spiro atoms. The van der Waals surface area contributed by atoms with Crippen LogP contribution in [0.3, 0.4) is 0 Å². The summed E-state index contributed by atoms with van der Waals surface area (Å²) in [5, 5.41) is 0. The molecule has 0 radical (unpaired) electrons. The van der Waals surface area contributed by atoms with Gasteiger partial charge in [0.05, 0.1) is 0 Å². The summed E-state index contributed by atoms with van der Waals surface area (Å²) >= 11 is 2.41. The van der Waals surface area contributed by atoms with E-state index in [0.29, 0.717) is 0 Å². The van der Waals surface area contributed by atoms with Crippen LogP contribution in [-0.2, 0) is 12.8 Å². The van der Waals surface area contributed by atoms with Crippen molar-refractivity contribution >= 4 is 28.3 Å². The number of hydrogen-bond acceptors (Lipinski definition) is 1. The predicted octanol–water partition coefficient (Wildman–Crippen LogP) is 4.27. The molecule has 1 aliphatic rings. The van der Waals surface area contributed by atoms with Crippen molar-refractivity contribution in [2.45, 2.75) is 19.3 Å². The minimum atomic E-state index is 0.943. The van der Waals surface area contributed by atoms with E-state index < -0.39 is 0 Å². The molecule has 0 atom stereocenters. The summed E-state index contributed by atoms with van der Waals surface area (Å²) in [6.07, 6.45) is 3.20. The Labute approximate surface area is 127 Å². The first kappa shape index (κ1) is 12.9. The Morgan fingerprint density at radius 2 is 1.74 bits per heavy atom. The minimum absolute atomic E-state index is 0.943. The number of hydrogen-bond donors (Lipinski definition) is 0. The largest absolute Gasteiger partial charge is 0.289 e. The van der Waals surface area contributed by atoms with E-state index in [4.69, 9.17) is 4.99 Å². The zero-order chi connectivity index (χ0) is 13.1. The monoisotopic (exact) mass is 361 g/mol. The standard InChI is InChI=1S/C17H16IN/c18-16-8-4-2-6-14(16)9-10-17-15-7-3-1-5-13(15)11-12-19-17/h1-8H,9-12H2. The summed E-state index contributed by atoms with van der Waals surface area (Å²) in [6, 6.07) is 17.3.